The number of aryl methyl sites for hydroxylation is 1. The molecular formula is C14H20ClN5. The first-order chi connectivity index (χ1) is 9.69. The lowest BCUT2D eigenvalue weighted by molar-refractivity contribution is 0.301. The summed E-state index contributed by atoms with van der Waals surface area (Å²) in [5.74, 6) is 0.906. The molecule has 1 aromatic carbocycles. The predicted molar refractivity (Wildman–Crippen MR) is 79.3 cm³/mol. The number of tetrazole rings is 1. The monoisotopic (exact) mass is 293 g/mol. The number of rotatable bonds is 7. The van der Waals surface area contributed by atoms with Crippen LogP contribution in [0.15, 0.2) is 24.3 Å². The standard InChI is InChI=1S/C14H20ClN5/c1-3-4-8-20-14(16-17-18-20)11-19(2)10-12-6-5-7-13(15)9-12/h5-7,9H,3-4,8,10-11H2,1-2H3. The van der Waals surface area contributed by atoms with Crippen molar-refractivity contribution < 1.29 is 0 Å². The smallest absolute Gasteiger partial charge is 0.165 e. The van der Waals surface area contributed by atoms with Gasteiger partial charge in [0.1, 0.15) is 0 Å². The highest BCUT2D eigenvalue weighted by atomic mass is 35.5. The molecule has 0 unspecified atom stereocenters. The van der Waals surface area contributed by atoms with Gasteiger partial charge in [0.15, 0.2) is 5.82 Å². The quantitative estimate of drug-likeness (QED) is 0.787. The van der Waals surface area contributed by atoms with Crippen molar-refractivity contribution in [1.82, 2.24) is 25.1 Å². The van der Waals surface area contributed by atoms with Crippen LogP contribution in [0, 0.1) is 0 Å². The van der Waals surface area contributed by atoms with E-state index in [1.807, 2.05) is 22.9 Å². The van der Waals surface area contributed by atoms with E-state index in [1.54, 1.807) is 0 Å². The lowest BCUT2D eigenvalue weighted by Gasteiger charge is -2.16. The Kier molecular flexibility index (Phi) is 5.49. The van der Waals surface area contributed by atoms with E-state index < -0.39 is 0 Å². The van der Waals surface area contributed by atoms with Crippen LogP contribution in [0.1, 0.15) is 31.2 Å². The second-order valence-corrected chi connectivity index (χ2v) is 5.41. The number of hydrogen-bond acceptors (Lipinski definition) is 4. The van der Waals surface area contributed by atoms with Gasteiger partial charge < -0.3 is 0 Å². The van der Waals surface area contributed by atoms with Crippen molar-refractivity contribution in [3.63, 3.8) is 0 Å². The number of hydrogen-bond donors (Lipinski definition) is 0. The minimum Gasteiger partial charge on any atom is -0.295 e. The van der Waals surface area contributed by atoms with Gasteiger partial charge in [-0.3, -0.25) is 4.90 Å². The highest BCUT2D eigenvalue weighted by Gasteiger charge is 2.09. The minimum absolute atomic E-state index is 0.725. The Labute approximate surface area is 124 Å². The van der Waals surface area contributed by atoms with Crippen LogP contribution in [0.5, 0.6) is 0 Å². The zero-order valence-electron chi connectivity index (χ0n) is 12.0. The van der Waals surface area contributed by atoms with Crippen LogP contribution in [0.4, 0.5) is 0 Å². The molecule has 0 fully saturated rings. The molecule has 0 N–H and O–H groups in total. The number of benzene rings is 1. The van der Waals surface area contributed by atoms with E-state index in [0.717, 1.165) is 43.3 Å². The highest BCUT2D eigenvalue weighted by Crippen LogP contribution is 2.13. The largest absolute Gasteiger partial charge is 0.295 e. The molecule has 0 amide bonds. The van der Waals surface area contributed by atoms with Crippen LogP contribution in [0.25, 0.3) is 0 Å². The Balaban J connectivity index is 1.94. The summed E-state index contributed by atoms with van der Waals surface area (Å²) in [5, 5.41) is 12.7. The summed E-state index contributed by atoms with van der Waals surface area (Å²) in [5.41, 5.74) is 1.19. The van der Waals surface area contributed by atoms with E-state index in [-0.39, 0.29) is 0 Å². The molecule has 0 saturated heterocycles. The van der Waals surface area contributed by atoms with Gasteiger partial charge in [-0.1, -0.05) is 37.1 Å². The Morgan fingerprint density at radius 3 is 2.90 bits per heavy atom. The Bertz CT molecular complexity index is 540. The van der Waals surface area contributed by atoms with Gasteiger partial charge in [0.05, 0.1) is 6.54 Å². The maximum atomic E-state index is 6.00. The summed E-state index contributed by atoms with van der Waals surface area (Å²) in [7, 11) is 2.06. The second-order valence-electron chi connectivity index (χ2n) is 4.97. The lowest BCUT2D eigenvalue weighted by Crippen LogP contribution is -2.20. The van der Waals surface area contributed by atoms with E-state index in [1.165, 1.54) is 5.56 Å². The number of halogens is 1. The molecule has 20 heavy (non-hydrogen) atoms. The molecule has 0 radical (unpaired) electrons. The van der Waals surface area contributed by atoms with Gasteiger partial charge in [0.2, 0.25) is 0 Å². The van der Waals surface area contributed by atoms with Crippen LogP contribution in [-0.4, -0.2) is 32.2 Å². The van der Waals surface area contributed by atoms with Crippen molar-refractivity contribution in [2.45, 2.75) is 39.4 Å². The van der Waals surface area contributed by atoms with Crippen LogP contribution in [-0.2, 0) is 19.6 Å². The third-order valence-corrected chi connectivity index (χ3v) is 3.32. The fourth-order valence-corrected chi connectivity index (χ4v) is 2.28. The molecule has 0 spiro atoms. The first kappa shape index (κ1) is 14.9. The molecule has 1 aromatic heterocycles. The predicted octanol–water partition coefficient (Wildman–Crippen LogP) is 2.76. The molecule has 2 aromatic rings. The van der Waals surface area contributed by atoms with Crippen molar-refractivity contribution in [3.05, 3.63) is 40.7 Å². The zero-order chi connectivity index (χ0) is 14.4. The van der Waals surface area contributed by atoms with E-state index in [9.17, 15) is 0 Å². The third kappa shape index (κ3) is 4.28. The zero-order valence-corrected chi connectivity index (χ0v) is 12.7. The Hall–Kier alpha value is -1.46. The summed E-state index contributed by atoms with van der Waals surface area (Å²) in [4.78, 5) is 2.18. The fraction of sp³-hybridized carbons (Fsp3) is 0.500. The van der Waals surface area contributed by atoms with E-state index in [4.69, 9.17) is 11.6 Å². The second kappa shape index (κ2) is 7.36. The highest BCUT2D eigenvalue weighted by molar-refractivity contribution is 6.30. The van der Waals surface area contributed by atoms with E-state index >= 15 is 0 Å². The fourth-order valence-electron chi connectivity index (χ4n) is 2.06. The van der Waals surface area contributed by atoms with E-state index in [0.29, 0.717) is 0 Å². The van der Waals surface area contributed by atoms with Gasteiger partial charge in [-0.2, -0.15) is 0 Å². The van der Waals surface area contributed by atoms with Gasteiger partial charge in [0, 0.05) is 18.1 Å². The normalized spacial score (nSPS) is 11.2. The van der Waals surface area contributed by atoms with Gasteiger partial charge in [-0.15, -0.1) is 5.10 Å². The third-order valence-electron chi connectivity index (χ3n) is 3.08. The van der Waals surface area contributed by atoms with E-state index in [2.05, 4.69) is 40.5 Å². The van der Waals surface area contributed by atoms with Crippen molar-refractivity contribution in [1.29, 1.82) is 0 Å². The number of unbranched alkanes of at least 4 members (excludes halogenated alkanes) is 1. The maximum absolute atomic E-state index is 6.00. The summed E-state index contributed by atoms with van der Waals surface area (Å²) in [6, 6.07) is 7.91. The van der Waals surface area contributed by atoms with Crippen LogP contribution in [0.3, 0.4) is 0 Å². The molecule has 2 rings (SSSR count). The number of aromatic nitrogens is 4. The first-order valence-electron chi connectivity index (χ1n) is 6.87. The maximum Gasteiger partial charge on any atom is 0.165 e. The molecule has 0 aliphatic heterocycles. The summed E-state index contributed by atoms with van der Waals surface area (Å²) >= 11 is 6.00. The average Bonchev–Trinajstić information content (AvgIpc) is 2.83. The Morgan fingerprint density at radius 2 is 2.15 bits per heavy atom. The van der Waals surface area contributed by atoms with Gasteiger partial charge in [0.25, 0.3) is 0 Å². The van der Waals surface area contributed by atoms with Crippen LogP contribution >= 0.6 is 11.6 Å². The van der Waals surface area contributed by atoms with Gasteiger partial charge in [-0.25, -0.2) is 4.68 Å². The summed E-state index contributed by atoms with van der Waals surface area (Å²) in [6.07, 6.45) is 2.23. The molecular weight excluding hydrogens is 274 g/mol. The topological polar surface area (TPSA) is 46.8 Å². The van der Waals surface area contributed by atoms with Crippen molar-refractivity contribution in [2.24, 2.45) is 0 Å². The van der Waals surface area contributed by atoms with Crippen LogP contribution in [0.2, 0.25) is 5.02 Å². The van der Waals surface area contributed by atoms with Gasteiger partial charge in [-0.05, 0) is 41.6 Å². The summed E-state index contributed by atoms with van der Waals surface area (Å²) in [6.45, 7) is 4.59. The van der Waals surface area contributed by atoms with Crippen molar-refractivity contribution >= 4 is 11.6 Å². The average molecular weight is 294 g/mol. The molecule has 5 nitrogen and oxygen atoms in total. The Morgan fingerprint density at radius 1 is 1.30 bits per heavy atom. The molecule has 0 aliphatic rings. The first-order valence-corrected chi connectivity index (χ1v) is 7.25. The summed E-state index contributed by atoms with van der Waals surface area (Å²) < 4.78 is 1.89. The SMILES string of the molecule is CCCCn1nnnc1CN(C)Cc1cccc(Cl)c1. The molecule has 0 aliphatic carbocycles. The van der Waals surface area contributed by atoms with Gasteiger partial charge >= 0.3 is 0 Å². The molecule has 1 heterocycles. The van der Waals surface area contributed by atoms with Crippen molar-refractivity contribution in [2.75, 3.05) is 7.05 Å². The molecule has 108 valence electrons. The number of nitrogens with zero attached hydrogens (tertiary/aromatic N) is 5. The molecule has 0 atom stereocenters. The van der Waals surface area contributed by atoms with Crippen molar-refractivity contribution in [3.8, 4) is 0 Å². The van der Waals surface area contributed by atoms with Crippen LogP contribution < -0.4 is 0 Å². The molecule has 0 bridgehead atoms. The molecule has 6 heteroatoms. The lowest BCUT2D eigenvalue weighted by atomic mass is 10.2. The minimum atomic E-state index is 0.725. The molecule has 0 saturated carbocycles.